The Morgan fingerprint density at radius 3 is 3.00 bits per heavy atom. The van der Waals surface area contributed by atoms with E-state index in [0.29, 0.717) is 5.56 Å². The van der Waals surface area contributed by atoms with Gasteiger partial charge in [-0.05, 0) is 48.6 Å². The minimum atomic E-state index is -0.881. The lowest BCUT2D eigenvalue weighted by atomic mass is 9.82. The average Bonchev–Trinajstić information content (AvgIpc) is 2.99. The van der Waals surface area contributed by atoms with Gasteiger partial charge in [0.1, 0.15) is 0 Å². The Labute approximate surface area is 117 Å². The first-order valence-electron chi connectivity index (χ1n) is 6.71. The van der Waals surface area contributed by atoms with Crippen molar-refractivity contribution in [2.75, 3.05) is 0 Å². The number of carboxylic acid groups (broad SMARTS) is 1. The molecule has 0 saturated carbocycles. The highest BCUT2D eigenvalue weighted by Gasteiger charge is 2.25. The predicted molar refractivity (Wildman–Crippen MR) is 76.6 cm³/mol. The molecule has 0 aliphatic heterocycles. The molecular formula is C16H16N2O2. The highest BCUT2D eigenvalue weighted by Crippen LogP contribution is 2.38. The van der Waals surface area contributed by atoms with E-state index in [1.165, 1.54) is 11.1 Å². The second kappa shape index (κ2) is 4.96. The standard InChI is InChI=1S/C16H16N2O2/c1-2-13-14-9-12(16(19)20)4-3-11(14)5-6-15(13)18-8-7-17-10-18/h2-4,7-10,15H,5-6H2,1H3,(H,19,20). The first-order valence-corrected chi connectivity index (χ1v) is 6.71. The number of aryl methyl sites for hydroxylation is 1. The molecule has 4 heteroatoms. The Morgan fingerprint density at radius 2 is 2.35 bits per heavy atom. The van der Waals surface area contributed by atoms with Crippen molar-refractivity contribution in [3.05, 3.63) is 59.7 Å². The second-order valence-electron chi connectivity index (χ2n) is 4.99. The smallest absolute Gasteiger partial charge is 0.335 e. The predicted octanol–water partition coefficient (Wildman–Crippen LogP) is 3.17. The summed E-state index contributed by atoms with van der Waals surface area (Å²) in [5, 5.41) is 9.16. The molecule has 20 heavy (non-hydrogen) atoms. The zero-order valence-electron chi connectivity index (χ0n) is 11.3. The Balaban J connectivity index is 2.08. The second-order valence-corrected chi connectivity index (χ2v) is 4.99. The fourth-order valence-corrected chi connectivity index (χ4v) is 2.93. The van der Waals surface area contributed by atoms with Crippen molar-refractivity contribution >= 4 is 11.5 Å². The van der Waals surface area contributed by atoms with Crippen LogP contribution < -0.4 is 0 Å². The molecule has 0 amide bonds. The van der Waals surface area contributed by atoms with Crippen LogP contribution in [-0.2, 0) is 6.42 Å². The molecule has 0 fully saturated rings. The van der Waals surface area contributed by atoms with E-state index in [2.05, 4.69) is 15.6 Å². The van der Waals surface area contributed by atoms with Gasteiger partial charge in [-0.3, -0.25) is 0 Å². The zero-order valence-corrected chi connectivity index (χ0v) is 11.3. The molecule has 1 unspecified atom stereocenters. The summed E-state index contributed by atoms with van der Waals surface area (Å²) in [5.41, 5.74) is 3.79. The molecule has 2 aromatic rings. The third kappa shape index (κ3) is 2.03. The number of rotatable bonds is 2. The SMILES string of the molecule is CC=C1c2cc(C(=O)O)ccc2CCC1n1ccnc1. The fraction of sp³-hybridized carbons (Fsp3) is 0.250. The summed E-state index contributed by atoms with van der Waals surface area (Å²) in [7, 11) is 0. The van der Waals surface area contributed by atoms with E-state index in [1.807, 2.05) is 25.5 Å². The summed E-state index contributed by atoms with van der Waals surface area (Å²) in [6.45, 7) is 2.00. The van der Waals surface area contributed by atoms with Crippen molar-refractivity contribution in [3.8, 4) is 0 Å². The number of allylic oxidation sites excluding steroid dienone is 2. The van der Waals surface area contributed by atoms with Gasteiger partial charge in [0.05, 0.1) is 17.9 Å². The minimum absolute atomic E-state index is 0.235. The van der Waals surface area contributed by atoms with Crippen LogP contribution in [0, 0.1) is 0 Å². The molecule has 1 N–H and O–H groups in total. The lowest BCUT2D eigenvalue weighted by molar-refractivity contribution is 0.0697. The highest BCUT2D eigenvalue weighted by molar-refractivity contribution is 5.89. The van der Waals surface area contributed by atoms with Gasteiger partial charge in [-0.15, -0.1) is 0 Å². The van der Waals surface area contributed by atoms with E-state index in [4.69, 9.17) is 5.11 Å². The summed E-state index contributed by atoms with van der Waals surface area (Å²) in [6, 6.07) is 5.65. The van der Waals surface area contributed by atoms with E-state index >= 15 is 0 Å². The Kier molecular flexibility index (Phi) is 3.14. The van der Waals surface area contributed by atoms with Crippen molar-refractivity contribution in [2.24, 2.45) is 0 Å². The van der Waals surface area contributed by atoms with Gasteiger partial charge < -0.3 is 9.67 Å². The van der Waals surface area contributed by atoms with Crippen LogP contribution in [0.3, 0.4) is 0 Å². The van der Waals surface area contributed by atoms with Crippen LogP contribution in [0.1, 0.15) is 40.9 Å². The van der Waals surface area contributed by atoms with Crippen LogP contribution in [-0.4, -0.2) is 20.6 Å². The van der Waals surface area contributed by atoms with Crippen LogP contribution in [0.4, 0.5) is 0 Å². The summed E-state index contributed by atoms with van der Waals surface area (Å²) in [4.78, 5) is 15.3. The topological polar surface area (TPSA) is 55.1 Å². The highest BCUT2D eigenvalue weighted by atomic mass is 16.4. The van der Waals surface area contributed by atoms with Crippen molar-refractivity contribution in [3.63, 3.8) is 0 Å². The van der Waals surface area contributed by atoms with Crippen molar-refractivity contribution in [2.45, 2.75) is 25.8 Å². The molecule has 0 saturated heterocycles. The molecule has 3 rings (SSSR count). The average molecular weight is 268 g/mol. The fourth-order valence-electron chi connectivity index (χ4n) is 2.93. The number of carbonyl (C=O) groups is 1. The third-order valence-electron chi connectivity index (χ3n) is 3.91. The van der Waals surface area contributed by atoms with Gasteiger partial charge in [-0.2, -0.15) is 0 Å². The number of hydrogen-bond donors (Lipinski definition) is 1. The maximum atomic E-state index is 11.2. The molecular weight excluding hydrogens is 252 g/mol. The molecule has 1 heterocycles. The number of imidazole rings is 1. The van der Waals surface area contributed by atoms with Gasteiger partial charge in [0.15, 0.2) is 0 Å². The number of carboxylic acids is 1. The maximum Gasteiger partial charge on any atom is 0.335 e. The molecule has 1 aromatic heterocycles. The maximum absolute atomic E-state index is 11.2. The monoisotopic (exact) mass is 268 g/mol. The van der Waals surface area contributed by atoms with Gasteiger partial charge in [-0.25, -0.2) is 9.78 Å². The number of aromatic nitrogens is 2. The van der Waals surface area contributed by atoms with Gasteiger partial charge >= 0.3 is 5.97 Å². The van der Waals surface area contributed by atoms with Crippen molar-refractivity contribution in [1.29, 1.82) is 0 Å². The summed E-state index contributed by atoms with van der Waals surface area (Å²) in [5.74, 6) is -0.881. The van der Waals surface area contributed by atoms with Crippen LogP contribution in [0.15, 0.2) is 43.0 Å². The normalized spacial score (nSPS) is 19.9. The Morgan fingerprint density at radius 1 is 1.50 bits per heavy atom. The van der Waals surface area contributed by atoms with Crippen LogP contribution in [0.5, 0.6) is 0 Å². The molecule has 1 atom stereocenters. The molecule has 1 aliphatic rings. The Hall–Kier alpha value is -2.36. The first kappa shape index (κ1) is 12.7. The van der Waals surface area contributed by atoms with Crippen molar-refractivity contribution < 1.29 is 9.90 Å². The van der Waals surface area contributed by atoms with E-state index in [0.717, 1.165) is 18.4 Å². The van der Waals surface area contributed by atoms with Gasteiger partial charge in [0, 0.05) is 12.4 Å². The van der Waals surface area contributed by atoms with E-state index in [1.54, 1.807) is 18.3 Å². The molecule has 1 aromatic carbocycles. The number of benzene rings is 1. The van der Waals surface area contributed by atoms with Crippen LogP contribution >= 0.6 is 0 Å². The number of aromatic carboxylic acids is 1. The summed E-state index contributed by atoms with van der Waals surface area (Å²) in [6.07, 6.45) is 9.59. The van der Waals surface area contributed by atoms with E-state index in [-0.39, 0.29) is 6.04 Å². The van der Waals surface area contributed by atoms with E-state index < -0.39 is 5.97 Å². The van der Waals surface area contributed by atoms with Crippen LogP contribution in [0.2, 0.25) is 0 Å². The zero-order chi connectivity index (χ0) is 14.1. The molecule has 0 radical (unpaired) electrons. The summed E-state index contributed by atoms with van der Waals surface area (Å²) < 4.78 is 2.09. The molecule has 0 spiro atoms. The quantitative estimate of drug-likeness (QED) is 0.910. The van der Waals surface area contributed by atoms with E-state index in [9.17, 15) is 4.79 Å². The lowest BCUT2D eigenvalue weighted by Crippen LogP contribution is -2.17. The third-order valence-corrected chi connectivity index (χ3v) is 3.91. The molecule has 0 bridgehead atoms. The lowest BCUT2D eigenvalue weighted by Gasteiger charge is -2.29. The van der Waals surface area contributed by atoms with Gasteiger partial charge in [0.25, 0.3) is 0 Å². The van der Waals surface area contributed by atoms with Crippen molar-refractivity contribution in [1.82, 2.24) is 9.55 Å². The summed E-state index contributed by atoms with van der Waals surface area (Å²) >= 11 is 0. The minimum Gasteiger partial charge on any atom is -0.478 e. The number of fused-ring (bicyclic) bond motifs is 1. The first-order chi connectivity index (χ1) is 9.70. The van der Waals surface area contributed by atoms with Crippen LogP contribution in [0.25, 0.3) is 5.57 Å². The number of hydrogen-bond acceptors (Lipinski definition) is 2. The largest absolute Gasteiger partial charge is 0.478 e. The van der Waals surface area contributed by atoms with Gasteiger partial charge in [0.2, 0.25) is 0 Å². The molecule has 4 nitrogen and oxygen atoms in total. The molecule has 102 valence electrons. The van der Waals surface area contributed by atoms with Gasteiger partial charge in [-0.1, -0.05) is 12.1 Å². The number of nitrogens with zero attached hydrogens (tertiary/aromatic N) is 2. The molecule has 1 aliphatic carbocycles. The Bertz CT molecular complexity index is 672.